The zero-order valence-electron chi connectivity index (χ0n) is 18.0. The van der Waals surface area contributed by atoms with Crippen LogP contribution in [-0.4, -0.2) is 46.6 Å². The van der Waals surface area contributed by atoms with Gasteiger partial charge >= 0.3 is 0 Å². The first-order valence-corrected chi connectivity index (χ1v) is 11.0. The van der Waals surface area contributed by atoms with Crippen LogP contribution in [0.15, 0.2) is 47.3 Å². The number of aryl methyl sites for hydroxylation is 1. The van der Waals surface area contributed by atoms with Gasteiger partial charge in [0.15, 0.2) is 11.5 Å². The lowest BCUT2D eigenvalue weighted by Gasteiger charge is -2.31. The number of rotatable bonds is 5. The number of amides is 2. The quantitative estimate of drug-likeness (QED) is 0.620. The molecule has 0 saturated carbocycles. The molecule has 1 saturated heterocycles. The summed E-state index contributed by atoms with van der Waals surface area (Å²) in [5.41, 5.74) is 2.14. The molecule has 1 aromatic heterocycles. The van der Waals surface area contributed by atoms with Crippen LogP contribution in [-0.2, 0) is 16.0 Å². The van der Waals surface area contributed by atoms with Crippen molar-refractivity contribution >= 4 is 28.5 Å². The number of fused-ring (bicyclic) bond motifs is 2. The van der Waals surface area contributed by atoms with E-state index < -0.39 is 0 Å². The number of carbonyl (C=O) groups is 2. The summed E-state index contributed by atoms with van der Waals surface area (Å²) in [5.74, 6) is 1.03. The molecule has 3 aromatic rings. The van der Waals surface area contributed by atoms with E-state index in [-0.39, 0.29) is 42.9 Å². The summed E-state index contributed by atoms with van der Waals surface area (Å²) in [6.07, 6.45) is 1.68. The number of piperidine rings is 1. The number of aromatic nitrogens is 2. The number of likely N-dealkylation sites (tertiary alicyclic amines) is 1. The van der Waals surface area contributed by atoms with Gasteiger partial charge in [-0.05, 0) is 37.1 Å². The van der Waals surface area contributed by atoms with E-state index >= 15 is 0 Å². The summed E-state index contributed by atoms with van der Waals surface area (Å²) in [6, 6.07) is 12.6. The molecule has 1 fully saturated rings. The first-order chi connectivity index (χ1) is 16.1. The lowest BCUT2D eigenvalue weighted by Crippen LogP contribution is -2.41. The number of ether oxygens (including phenoxy) is 2. The Hall–Kier alpha value is -3.88. The Balaban J connectivity index is 1.12. The van der Waals surface area contributed by atoms with Crippen molar-refractivity contribution in [1.29, 1.82) is 0 Å². The molecule has 33 heavy (non-hydrogen) atoms. The van der Waals surface area contributed by atoms with Crippen LogP contribution in [0.2, 0.25) is 0 Å². The van der Waals surface area contributed by atoms with Crippen LogP contribution in [0, 0.1) is 5.92 Å². The van der Waals surface area contributed by atoms with E-state index in [1.54, 1.807) is 29.2 Å². The number of para-hydroxylation sites is 2. The first kappa shape index (κ1) is 21.0. The number of H-pyrrole nitrogens is 1. The molecule has 0 radical (unpaired) electrons. The molecule has 0 spiro atoms. The van der Waals surface area contributed by atoms with Crippen molar-refractivity contribution in [3.63, 3.8) is 0 Å². The average molecular weight is 448 g/mol. The highest BCUT2D eigenvalue weighted by molar-refractivity contribution is 5.93. The number of carbonyl (C=O) groups excluding carboxylic acids is 2. The number of anilines is 1. The topological polar surface area (TPSA) is 114 Å². The predicted molar refractivity (Wildman–Crippen MR) is 121 cm³/mol. The molecule has 170 valence electrons. The molecule has 0 atom stereocenters. The fraction of sp³-hybridized carbons (Fsp3) is 0.333. The van der Waals surface area contributed by atoms with E-state index in [4.69, 9.17) is 9.47 Å². The van der Waals surface area contributed by atoms with Crippen LogP contribution in [0.4, 0.5) is 5.69 Å². The van der Waals surface area contributed by atoms with Crippen LogP contribution < -0.4 is 20.3 Å². The Morgan fingerprint density at radius 2 is 1.88 bits per heavy atom. The van der Waals surface area contributed by atoms with Crippen molar-refractivity contribution in [2.75, 3.05) is 25.2 Å². The second-order valence-corrected chi connectivity index (χ2v) is 8.24. The Bertz CT molecular complexity index is 1260. The maximum absolute atomic E-state index is 12.7. The third-order valence-corrected chi connectivity index (χ3v) is 6.10. The summed E-state index contributed by atoms with van der Waals surface area (Å²) >= 11 is 0. The Labute approximate surface area is 189 Å². The predicted octanol–water partition coefficient (Wildman–Crippen LogP) is 2.46. The van der Waals surface area contributed by atoms with Crippen molar-refractivity contribution in [3.8, 4) is 11.5 Å². The van der Waals surface area contributed by atoms with Crippen LogP contribution in [0.5, 0.6) is 11.5 Å². The number of nitrogens with one attached hydrogen (secondary N) is 2. The number of nitrogens with zero attached hydrogens (tertiary/aromatic N) is 2. The third kappa shape index (κ3) is 4.52. The summed E-state index contributed by atoms with van der Waals surface area (Å²) in [7, 11) is 0. The number of benzene rings is 2. The van der Waals surface area contributed by atoms with Crippen molar-refractivity contribution in [3.05, 3.63) is 58.5 Å². The van der Waals surface area contributed by atoms with Gasteiger partial charge < -0.3 is 24.7 Å². The van der Waals surface area contributed by atoms with Crippen LogP contribution >= 0.6 is 0 Å². The Kier molecular flexibility index (Phi) is 5.68. The minimum Gasteiger partial charge on any atom is -0.454 e. The van der Waals surface area contributed by atoms with Gasteiger partial charge in [-0.15, -0.1) is 0 Å². The molecule has 2 aliphatic heterocycles. The van der Waals surface area contributed by atoms with Gasteiger partial charge in [-0.1, -0.05) is 12.1 Å². The minimum atomic E-state index is -0.264. The molecule has 9 nitrogen and oxygen atoms in total. The summed E-state index contributed by atoms with van der Waals surface area (Å²) < 4.78 is 10.6. The van der Waals surface area contributed by atoms with Gasteiger partial charge in [0.1, 0.15) is 5.69 Å². The molecule has 2 amide bonds. The van der Waals surface area contributed by atoms with Crippen molar-refractivity contribution in [1.82, 2.24) is 14.9 Å². The highest BCUT2D eigenvalue weighted by Gasteiger charge is 2.27. The maximum Gasteiger partial charge on any atom is 0.270 e. The van der Waals surface area contributed by atoms with Gasteiger partial charge in [-0.2, -0.15) is 0 Å². The maximum atomic E-state index is 12.7. The van der Waals surface area contributed by atoms with E-state index in [0.29, 0.717) is 59.8 Å². The number of aromatic amines is 1. The van der Waals surface area contributed by atoms with Crippen LogP contribution in [0.1, 0.15) is 25.0 Å². The van der Waals surface area contributed by atoms with Gasteiger partial charge in [0.2, 0.25) is 18.6 Å². The molecule has 5 rings (SSSR count). The number of hydrogen-bond acceptors (Lipinski definition) is 6. The van der Waals surface area contributed by atoms with E-state index in [1.165, 1.54) is 0 Å². The summed E-state index contributed by atoms with van der Waals surface area (Å²) in [5, 5.41) is 2.93. The van der Waals surface area contributed by atoms with Gasteiger partial charge in [0.05, 0.1) is 11.0 Å². The lowest BCUT2D eigenvalue weighted by atomic mass is 9.95. The van der Waals surface area contributed by atoms with Gasteiger partial charge in [0, 0.05) is 43.6 Å². The van der Waals surface area contributed by atoms with Crippen molar-refractivity contribution in [2.45, 2.75) is 25.7 Å². The first-order valence-electron chi connectivity index (χ1n) is 11.0. The normalized spacial score (nSPS) is 15.6. The highest BCUT2D eigenvalue weighted by Crippen LogP contribution is 2.34. The van der Waals surface area contributed by atoms with Crippen molar-refractivity contribution in [2.24, 2.45) is 5.92 Å². The molecule has 2 N–H and O–H groups in total. The zero-order valence-corrected chi connectivity index (χ0v) is 18.0. The smallest absolute Gasteiger partial charge is 0.270 e. The molecule has 0 bridgehead atoms. The zero-order chi connectivity index (χ0) is 22.8. The molecule has 0 unspecified atom stereocenters. The molecule has 0 aliphatic carbocycles. The van der Waals surface area contributed by atoms with Gasteiger partial charge in [0.25, 0.3) is 5.56 Å². The summed E-state index contributed by atoms with van der Waals surface area (Å²) in [6.45, 7) is 1.21. The monoisotopic (exact) mass is 448 g/mol. The van der Waals surface area contributed by atoms with Gasteiger partial charge in [-0.25, -0.2) is 4.98 Å². The fourth-order valence-electron chi connectivity index (χ4n) is 4.23. The van der Waals surface area contributed by atoms with E-state index in [0.717, 1.165) is 0 Å². The summed E-state index contributed by atoms with van der Waals surface area (Å²) in [4.78, 5) is 46.6. The largest absolute Gasteiger partial charge is 0.454 e. The van der Waals surface area contributed by atoms with Gasteiger partial charge in [-0.3, -0.25) is 14.4 Å². The highest BCUT2D eigenvalue weighted by atomic mass is 16.7. The Morgan fingerprint density at radius 3 is 2.73 bits per heavy atom. The molecular formula is C24H24N4O5. The molecule has 2 aromatic carbocycles. The second kappa shape index (κ2) is 8.93. The van der Waals surface area contributed by atoms with Crippen molar-refractivity contribution < 1.29 is 19.1 Å². The van der Waals surface area contributed by atoms with E-state index in [9.17, 15) is 14.4 Å². The van der Waals surface area contributed by atoms with Crippen LogP contribution in [0.25, 0.3) is 11.0 Å². The molecule has 2 aliphatic rings. The Morgan fingerprint density at radius 1 is 1.09 bits per heavy atom. The van der Waals surface area contributed by atoms with Crippen LogP contribution in [0.3, 0.4) is 0 Å². The second-order valence-electron chi connectivity index (χ2n) is 8.24. The third-order valence-electron chi connectivity index (χ3n) is 6.10. The minimum absolute atomic E-state index is 0.0287. The fourth-order valence-corrected chi connectivity index (χ4v) is 4.23. The average Bonchev–Trinajstić information content (AvgIpc) is 3.30. The lowest BCUT2D eigenvalue weighted by molar-refractivity contribution is -0.134. The standard InChI is InChI=1S/C24H24N4O5/c29-22(8-6-19-24(31)27-18-4-2-1-3-17(18)26-19)28-11-9-15(10-12-28)23(30)25-16-5-7-20-21(13-16)33-14-32-20/h1-5,7,13,15H,6,8-12,14H2,(H,25,30)(H,27,31). The molecule has 3 heterocycles. The number of hydrogen-bond donors (Lipinski definition) is 2. The molecule has 9 heteroatoms. The molecular weight excluding hydrogens is 424 g/mol. The van der Waals surface area contributed by atoms with E-state index in [2.05, 4.69) is 15.3 Å². The van der Waals surface area contributed by atoms with E-state index in [1.807, 2.05) is 18.2 Å². The SMILES string of the molecule is O=C(Nc1ccc2c(c1)OCO2)C1CCN(C(=O)CCc2nc3ccccc3[nH]c2=O)CC1.